The number of amides is 3. The van der Waals surface area contributed by atoms with E-state index in [-0.39, 0.29) is 18.2 Å². The van der Waals surface area contributed by atoms with Crippen molar-refractivity contribution in [2.45, 2.75) is 83.4 Å². The molecule has 0 spiro atoms. The second kappa shape index (κ2) is 16.5. The molecule has 0 bridgehead atoms. The summed E-state index contributed by atoms with van der Waals surface area (Å²) in [5, 5.41) is 9.44. The quantitative estimate of drug-likeness (QED) is 0.244. The Balaban J connectivity index is 1.51. The topological polar surface area (TPSA) is 123 Å². The number of benzene rings is 2. The minimum atomic E-state index is -0.719. The van der Waals surface area contributed by atoms with Gasteiger partial charge in [-0.2, -0.15) is 0 Å². The van der Waals surface area contributed by atoms with Gasteiger partial charge in [-0.05, 0) is 55.5 Å². The number of nitrogens with two attached hydrogens (primary N) is 1. The molecule has 1 aliphatic carbocycles. The lowest BCUT2D eigenvalue weighted by molar-refractivity contribution is -0.129. The van der Waals surface area contributed by atoms with Crippen molar-refractivity contribution in [3.05, 3.63) is 65.7 Å². The van der Waals surface area contributed by atoms with Crippen molar-refractivity contribution in [1.82, 2.24) is 16.0 Å². The number of carbonyl (C=O) groups excluding carboxylic acids is 3. The lowest BCUT2D eigenvalue weighted by atomic mass is 9.95. The van der Waals surface area contributed by atoms with Gasteiger partial charge in [0.1, 0.15) is 18.4 Å². The van der Waals surface area contributed by atoms with Crippen molar-refractivity contribution in [2.24, 2.45) is 11.7 Å². The Labute approximate surface area is 232 Å². The van der Waals surface area contributed by atoms with E-state index in [1.54, 1.807) is 6.92 Å². The Morgan fingerprint density at radius 2 is 1.67 bits per heavy atom. The molecular formula is C31H44N4O4. The molecule has 8 heteroatoms. The van der Waals surface area contributed by atoms with Crippen LogP contribution in [0.25, 0.3) is 0 Å². The summed E-state index contributed by atoms with van der Waals surface area (Å²) in [6.45, 7) is 3.57. The maximum atomic E-state index is 13.1. The molecule has 3 rings (SSSR count). The highest BCUT2D eigenvalue weighted by Gasteiger charge is 2.22. The van der Waals surface area contributed by atoms with Crippen molar-refractivity contribution in [1.29, 1.82) is 0 Å². The van der Waals surface area contributed by atoms with Crippen LogP contribution in [0.15, 0.2) is 54.6 Å². The number of primary amides is 1. The van der Waals surface area contributed by atoms with Crippen LogP contribution in [-0.2, 0) is 27.4 Å². The average Bonchev–Trinajstić information content (AvgIpc) is 2.96. The summed E-state index contributed by atoms with van der Waals surface area (Å²) in [4.78, 5) is 37.0. The summed E-state index contributed by atoms with van der Waals surface area (Å²) in [5.41, 5.74) is 7.31. The van der Waals surface area contributed by atoms with E-state index in [9.17, 15) is 14.4 Å². The summed E-state index contributed by atoms with van der Waals surface area (Å²) in [5.74, 6) is -0.589. The van der Waals surface area contributed by atoms with Crippen molar-refractivity contribution in [2.75, 3.05) is 13.1 Å². The van der Waals surface area contributed by atoms with Gasteiger partial charge in [0, 0.05) is 31.3 Å². The Kier molecular flexibility index (Phi) is 12.8. The summed E-state index contributed by atoms with van der Waals surface area (Å²) < 4.78 is 5.86. The molecule has 1 saturated carbocycles. The van der Waals surface area contributed by atoms with E-state index in [1.807, 2.05) is 54.6 Å². The molecule has 8 nitrogen and oxygen atoms in total. The largest absolute Gasteiger partial charge is 0.489 e. The molecular weight excluding hydrogens is 492 g/mol. The zero-order valence-electron chi connectivity index (χ0n) is 23.1. The molecule has 2 unspecified atom stereocenters. The monoisotopic (exact) mass is 536 g/mol. The number of carbonyl (C=O) groups is 3. The predicted molar refractivity (Wildman–Crippen MR) is 153 cm³/mol. The molecule has 2 aromatic rings. The van der Waals surface area contributed by atoms with E-state index >= 15 is 0 Å². The first kappa shape index (κ1) is 30.2. The molecule has 1 fully saturated rings. The van der Waals surface area contributed by atoms with Crippen molar-refractivity contribution < 1.29 is 19.1 Å². The van der Waals surface area contributed by atoms with Crippen molar-refractivity contribution in [3.8, 4) is 5.75 Å². The highest BCUT2D eigenvalue weighted by molar-refractivity contribution is 5.88. The Morgan fingerprint density at radius 3 is 2.36 bits per heavy atom. The van der Waals surface area contributed by atoms with E-state index in [0.29, 0.717) is 32.0 Å². The smallest absolute Gasteiger partial charge is 0.242 e. The zero-order valence-corrected chi connectivity index (χ0v) is 23.1. The van der Waals surface area contributed by atoms with Gasteiger partial charge in [0.15, 0.2) is 0 Å². The molecule has 0 aliphatic heterocycles. The Bertz CT molecular complexity index is 1020. The van der Waals surface area contributed by atoms with Crippen molar-refractivity contribution in [3.63, 3.8) is 0 Å². The molecule has 3 amide bonds. The maximum Gasteiger partial charge on any atom is 0.242 e. The summed E-state index contributed by atoms with van der Waals surface area (Å²) in [6.07, 6.45) is 8.00. The second-order valence-corrected chi connectivity index (χ2v) is 10.5. The van der Waals surface area contributed by atoms with E-state index in [2.05, 4.69) is 16.0 Å². The van der Waals surface area contributed by atoms with Crippen LogP contribution in [-0.4, -0.2) is 42.9 Å². The van der Waals surface area contributed by atoms with Gasteiger partial charge in [-0.25, -0.2) is 0 Å². The van der Waals surface area contributed by atoms with Gasteiger partial charge in [0.25, 0.3) is 0 Å². The normalized spacial score (nSPS) is 15.2. The number of hydrogen-bond acceptors (Lipinski definition) is 5. The van der Waals surface area contributed by atoms with Gasteiger partial charge in [0.05, 0.1) is 0 Å². The third-order valence-corrected chi connectivity index (χ3v) is 7.24. The van der Waals surface area contributed by atoms with Crippen LogP contribution in [0.5, 0.6) is 5.75 Å². The SMILES string of the molecule is CC(CCC(=O)NC(Cc1ccc(OCc2ccccc2)cc1)C(=O)NCCCNC1CCCCC1)C(N)=O. The summed E-state index contributed by atoms with van der Waals surface area (Å²) in [6, 6.07) is 17.4. The van der Waals surface area contributed by atoms with Crippen LogP contribution in [0.4, 0.5) is 0 Å². The van der Waals surface area contributed by atoms with Crippen LogP contribution >= 0.6 is 0 Å². The molecule has 0 aromatic heterocycles. The molecule has 5 N–H and O–H groups in total. The fraction of sp³-hybridized carbons (Fsp3) is 0.516. The van der Waals surface area contributed by atoms with Gasteiger partial charge in [-0.15, -0.1) is 0 Å². The van der Waals surface area contributed by atoms with Gasteiger partial charge in [-0.3, -0.25) is 14.4 Å². The lowest BCUT2D eigenvalue weighted by Gasteiger charge is -2.23. The van der Waals surface area contributed by atoms with E-state index < -0.39 is 17.9 Å². The standard InChI is InChI=1S/C31H44N4O4/c1-23(30(32)37)13-18-29(36)35-28(31(38)34-20-8-19-33-26-11-6-3-7-12-26)21-24-14-16-27(17-15-24)39-22-25-9-4-2-5-10-25/h2,4-5,9-10,14-17,23,26,28,33H,3,6-8,11-13,18-22H2,1H3,(H2,32,37)(H,34,38)(H,35,36). The Hall–Kier alpha value is -3.39. The predicted octanol–water partition coefficient (Wildman–Crippen LogP) is 3.62. The first-order valence-electron chi connectivity index (χ1n) is 14.3. The van der Waals surface area contributed by atoms with Gasteiger partial charge >= 0.3 is 0 Å². The van der Waals surface area contributed by atoms with Gasteiger partial charge < -0.3 is 26.4 Å². The average molecular weight is 537 g/mol. The first-order valence-corrected chi connectivity index (χ1v) is 14.3. The molecule has 0 heterocycles. The highest BCUT2D eigenvalue weighted by Crippen LogP contribution is 2.17. The third kappa shape index (κ3) is 11.5. The molecule has 2 atom stereocenters. The molecule has 39 heavy (non-hydrogen) atoms. The summed E-state index contributed by atoms with van der Waals surface area (Å²) >= 11 is 0. The molecule has 2 aromatic carbocycles. The summed E-state index contributed by atoms with van der Waals surface area (Å²) in [7, 11) is 0. The van der Waals surface area contributed by atoms with E-state index in [1.165, 1.54) is 32.1 Å². The first-order chi connectivity index (χ1) is 18.9. The van der Waals surface area contributed by atoms with Crippen molar-refractivity contribution >= 4 is 17.7 Å². The number of nitrogens with one attached hydrogen (secondary N) is 3. The molecule has 1 aliphatic rings. The van der Waals surface area contributed by atoms with Crippen LogP contribution in [0.2, 0.25) is 0 Å². The molecule has 0 saturated heterocycles. The van der Waals surface area contributed by atoms with Gasteiger partial charge in [-0.1, -0.05) is 68.7 Å². The van der Waals surface area contributed by atoms with Crippen LogP contribution < -0.4 is 26.4 Å². The van der Waals surface area contributed by atoms with Crippen LogP contribution in [0.3, 0.4) is 0 Å². The minimum absolute atomic E-state index is 0.130. The maximum absolute atomic E-state index is 13.1. The fourth-order valence-electron chi connectivity index (χ4n) is 4.70. The molecule has 0 radical (unpaired) electrons. The fourth-order valence-corrected chi connectivity index (χ4v) is 4.70. The van der Waals surface area contributed by atoms with E-state index in [0.717, 1.165) is 29.8 Å². The number of hydrogen-bond donors (Lipinski definition) is 4. The number of rotatable bonds is 16. The highest BCUT2D eigenvalue weighted by atomic mass is 16.5. The zero-order chi connectivity index (χ0) is 27.9. The number of ether oxygens (including phenoxy) is 1. The van der Waals surface area contributed by atoms with Gasteiger partial charge in [0.2, 0.25) is 17.7 Å². The van der Waals surface area contributed by atoms with Crippen LogP contribution in [0.1, 0.15) is 69.4 Å². The Morgan fingerprint density at radius 1 is 0.949 bits per heavy atom. The van der Waals surface area contributed by atoms with Crippen LogP contribution in [0, 0.1) is 5.92 Å². The second-order valence-electron chi connectivity index (χ2n) is 10.5. The third-order valence-electron chi connectivity index (χ3n) is 7.24. The lowest BCUT2D eigenvalue weighted by Crippen LogP contribution is -2.48. The van der Waals surface area contributed by atoms with E-state index in [4.69, 9.17) is 10.5 Å². The minimum Gasteiger partial charge on any atom is -0.489 e. The molecule has 212 valence electrons.